The molecule has 2 aliphatic carbocycles. The van der Waals surface area contributed by atoms with Crippen LogP contribution in [0.25, 0.3) is 0 Å². The van der Waals surface area contributed by atoms with Crippen LogP contribution in [0.3, 0.4) is 0 Å². The number of rotatable bonds is 8. The summed E-state index contributed by atoms with van der Waals surface area (Å²) in [7, 11) is 0. The minimum absolute atomic E-state index is 0.103. The predicted octanol–water partition coefficient (Wildman–Crippen LogP) is 2.52. The zero-order valence-corrected chi connectivity index (χ0v) is 22.7. The smallest absolute Gasteiger partial charge is 0.391 e. The molecule has 14 heteroatoms. The SMILES string of the molecule is O=C(O)CC(NC(=O)CNC(=O)C1CC(NC2=NCCCN2)CC(C(F)(F)F)C1)C1CC(Cl)CC(Br)C1. The molecule has 5 N–H and O–H groups in total. The van der Waals surface area contributed by atoms with Crippen LogP contribution in [0.4, 0.5) is 13.2 Å². The number of nitrogens with one attached hydrogen (secondary N) is 4. The van der Waals surface area contributed by atoms with Gasteiger partial charge in [-0.05, 0) is 50.9 Å². The maximum atomic E-state index is 13.6. The molecular formula is C23H34BrClF3N5O4. The zero-order chi connectivity index (χ0) is 27.2. The van der Waals surface area contributed by atoms with E-state index in [1.165, 1.54) is 0 Å². The van der Waals surface area contributed by atoms with E-state index in [2.05, 4.69) is 42.2 Å². The maximum absolute atomic E-state index is 13.6. The second kappa shape index (κ2) is 13.3. The average molecular weight is 617 g/mol. The lowest BCUT2D eigenvalue weighted by molar-refractivity contribution is -0.188. The molecule has 0 saturated heterocycles. The van der Waals surface area contributed by atoms with Gasteiger partial charge in [0.15, 0.2) is 5.96 Å². The van der Waals surface area contributed by atoms with Crippen LogP contribution >= 0.6 is 27.5 Å². The Bertz CT molecular complexity index is 855. The molecule has 7 atom stereocenters. The van der Waals surface area contributed by atoms with E-state index in [9.17, 15) is 32.7 Å². The number of carbonyl (C=O) groups is 3. The van der Waals surface area contributed by atoms with Gasteiger partial charge in [0.25, 0.3) is 0 Å². The summed E-state index contributed by atoms with van der Waals surface area (Å²) in [6, 6.07) is -1.27. The lowest BCUT2D eigenvalue weighted by Gasteiger charge is -2.36. The Kier molecular flexibility index (Phi) is 10.7. The molecule has 7 unspecified atom stereocenters. The molecule has 0 spiro atoms. The summed E-state index contributed by atoms with van der Waals surface area (Å²) in [4.78, 5) is 41.1. The number of nitrogens with zero attached hydrogens (tertiary/aromatic N) is 1. The van der Waals surface area contributed by atoms with Gasteiger partial charge in [0, 0.05) is 41.3 Å². The van der Waals surface area contributed by atoms with E-state index >= 15 is 0 Å². The molecular weight excluding hydrogens is 583 g/mol. The number of hydrogen-bond donors (Lipinski definition) is 5. The summed E-state index contributed by atoms with van der Waals surface area (Å²) in [5.74, 6) is -4.62. The molecule has 0 aromatic carbocycles. The normalized spacial score (nSPS) is 31.3. The highest BCUT2D eigenvalue weighted by molar-refractivity contribution is 9.09. The molecule has 2 amide bonds. The molecule has 3 rings (SSSR count). The van der Waals surface area contributed by atoms with Crippen LogP contribution in [0.5, 0.6) is 0 Å². The molecule has 3 aliphatic rings. The molecule has 0 aromatic rings. The molecule has 0 bridgehead atoms. The number of carbonyl (C=O) groups excluding carboxylic acids is 2. The van der Waals surface area contributed by atoms with Crippen molar-refractivity contribution in [2.45, 2.75) is 79.8 Å². The van der Waals surface area contributed by atoms with Gasteiger partial charge in [-0.3, -0.25) is 19.4 Å². The topological polar surface area (TPSA) is 132 Å². The van der Waals surface area contributed by atoms with Crippen molar-refractivity contribution in [1.82, 2.24) is 21.3 Å². The van der Waals surface area contributed by atoms with Crippen molar-refractivity contribution in [3.8, 4) is 0 Å². The minimum atomic E-state index is -4.45. The van der Waals surface area contributed by atoms with Crippen molar-refractivity contribution in [2.24, 2.45) is 22.7 Å². The summed E-state index contributed by atoms with van der Waals surface area (Å²) >= 11 is 9.81. The molecule has 0 aromatic heterocycles. The fourth-order valence-corrected chi connectivity index (χ4v) is 6.98. The quantitative estimate of drug-likeness (QED) is 0.267. The minimum Gasteiger partial charge on any atom is -0.481 e. The number of carboxylic acids is 1. The summed E-state index contributed by atoms with van der Waals surface area (Å²) in [5.41, 5.74) is 0. The Morgan fingerprint density at radius 3 is 2.54 bits per heavy atom. The third kappa shape index (κ3) is 9.49. The van der Waals surface area contributed by atoms with Gasteiger partial charge in [0.05, 0.1) is 18.9 Å². The lowest BCUT2D eigenvalue weighted by Crippen LogP contribution is -2.52. The molecule has 2 fully saturated rings. The molecule has 1 heterocycles. The first kappa shape index (κ1) is 29.8. The number of hydrogen-bond acceptors (Lipinski definition) is 6. The van der Waals surface area contributed by atoms with Gasteiger partial charge in [0.1, 0.15) is 0 Å². The van der Waals surface area contributed by atoms with Crippen LogP contribution in [0, 0.1) is 17.8 Å². The first-order valence-corrected chi connectivity index (χ1v) is 13.9. The van der Waals surface area contributed by atoms with Crippen molar-refractivity contribution in [3.63, 3.8) is 0 Å². The molecule has 0 radical (unpaired) electrons. The van der Waals surface area contributed by atoms with E-state index in [0.29, 0.717) is 31.9 Å². The summed E-state index contributed by atoms with van der Waals surface area (Å²) < 4.78 is 40.8. The zero-order valence-electron chi connectivity index (χ0n) is 20.3. The highest BCUT2D eigenvalue weighted by atomic mass is 79.9. The number of halogens is 5. The van der Waals surface area contributed by atoms with E-state index in [1.54, 1.807) is 0 Å². The maximum Gasteiger partial charge on any atom is 0.391 e. The van der Waals surface area contributed by atoms with Crippen LogP contribution < -0.4 is 21.3 Å². The largest absolute Gasteiger partial charge is 0.481 e. The van der Waals surface area contributed by atoms with E-state index < -0.39 is 54.4 Å². The Labute approximate surface area is 227 Å². The van der Waals surface area contributed by atoms with Gasteiger partial charge in [0.2, 0.25) is 11.8 Å². The van der Waals surface area contributed by atoms with E-state index in [0.717, 1.165) is 12.8 Å². The van der Waals surface area contributed by atoms with E-state index in [4.69, 9.17) is 11.6 Å². The van der Waals surface area contributed by atoms with Crippen LogP contribution in [-0.4, -0.2) is 76.9 Å². The Balaban J connectivity index is 1.57. The van der Waals surface area contributed by atoms with Crippen molar-refractivity contribution in [3.05, 3.63) is 0 Å². The first-order valence-electron chi connectivity index (χ1n) is 12.6. The van der Waals surface area contributed by atoms with Crippen LogP contribution in [0.2, 0.25) is 0 Å². The van der Waals surface area contributed by atoms with Crippen molar-refractivity contribution < 1.29 is 32.7 Å². The average Bonchev–Trinajstić information content (AvgIpc) is 2.81. The van der Waals surface area contributed by atoms with Gasteiger partial charge in [-0.1, -0.05) is 15.9 Å². The first-order chi connectivity index (χ1) is 17.4. The van der Waals surface area contributed by atoms with Gasteiger partial charge >= 0.3 is 12.1 Å². The lowest BCUT2D eigenvalue weighted by atomic mass is 9.77. The van der Waals surface area contributed by atoms with E-state index in [-0.39, 0.29) is 41.8 Å². The molecule has 2 saturated carbocycles. The summed E-state index contributed by atoms with van der Waals surface area (Å²) in [6.45, 7) is 0.796. The van der Waals surface area contributed by atoms with Gasteiger partial charge in [-0.2, -0.15) is 13.2 Å². The van der Waals surface area contributed by atoms with Crippen molar-refractivity contribution in [1.29, 1.82) is 0 Å². The number of amides is 2. The van der Waals surface area contributed by atoms with Gasteiger partial charge < -0.3 is 26.4 Å². The number of alkyl halides is 5. The molecule has 37 heavy (non-hydrogen) atoms. The van der Waals surface area contributed by atoms with Crippen LogP contribution in [0.1, 0.15) is 51.4 Å². The summed E-state index contributed by atoms with van der Waals surface area (Å²) in [6.07, 6.45) is -2.33. The third-order valence-electron chi connectivity index (χ3n) is 7.14. The predicted molar refractivity (Wildman–Crippen MR) is 136 cm³/mol. The molecule has 9 nitrogen and oxygen atoms in total. The Morgan fingerprint density at radius 2 is 1.92 bits per heavy atom. The van der Waals surface area contributed by atoms with Crippen molar-refractivity contribution >= 4 is 51.3 Å². The van der Waals surface area contributed by atoms with Gasteiger partial charge in [-0.15, -0.1) is 11.6 Å². The number of aliphatic carboxylic acids is 1. The fourth-order valence-electron chi connectivity index (χ4n) is 5.39. The third-order valence-corrected chi connectivity index (χ3v) is 8.24. The summed E-state index contributed by atoms with van der Waals surface area (Å²) in [5, 5.41) is 20.3. The standard InChI is InChI=1S/C23H34BrClF3N5O4/c24-15-5-12(6-16(25)9-15)18(10-20(35)36)33-19(34)11-31-21(37)13-4-14(23(26,27)28)8-17(7-13)32-22-29-2-1-3-30-22/h12-18H,1-11H2,(H,31,37)(H,33,34)(H,35,36)(H2,29,30,32). The van der Waals surface area contributed by atoms with Crippen LogP contribution in [0.15, 0.2) is 4.99 Å². The second-order valence-corrected chi connectivity index (χ2v) is 12.1. The highest BCUT2D eigenvalue weighted by Crippen LogP contribution is 2.40. The highest BCUT2D eigenvalue weighted by Gasteiger charge is 2.46. The van der Waals surface area contributed by atoms with Crippen LogP contribution in [-0.2, 0) is 14.4 Å². The molecule has 1 aliphatic heterocycles. The van der Waals surface area contributed by atoms with E-state index in [1.807, 2.05) is 0 Å². The van der Waals surface area contributed by atoms with Crippen molar-refractivity contribution in [2.75, 3.05) is 19.6 Å². The molecule has 210 valence electrons. The number of carboxylic acid groups (broad SMARTS) is 1. The fraction of sp³-hybridized carbons (Fsp3) is 0.826. The Hall–Kier alpha value is -1.76. The Morgan fingerprint density at radius 1 is 1.16 bits per heavy atom. The number of aliphatic imine (C=N–C) groups is 1. The van der Waals surface area contributed by atoms with Gasteiger partial charge in [-0.25, -0.2) is 0 Å². The second-order valence-electron chi connectivity index (χ2n) is 10.1. The number of guanidine groups is 1. The monoisotopic (exact) mass is 615 g/mol.